The van der Waals surface area contributed by atoms with E-state index in [1.54, 1.807) is 6.92 Å². The van der Waals surface area contributed by atoms with E-state index >= 15 is 0 Å². The highest BCUT2D eigenvalue weighted by Crippen LogP contribution is 2.27. The third-order valence-corrected chi connectivity index (χ3v) is 2.95. The van der Waals surface area contributed by atoms with Crippen LogP contribution in [0, 0.1) is 22.5 Å². The van der Waals surface area contributed by atoms with Crippen molar-refractivity contribution in [3.8, 4) is 0 Å². The van der Waals surface area contributed by atoms with Crippen LogP contribution in [0.2, 0.25) is 0 Å². The van der Waals surface area contributed by atoms with Gasteiger partial charge in [0.2, 0.25) is 11.8 Å². The Bertz CT molecular complexity index is 459. The van der Waals surface area contributed by atoms with Gasteiger partial charge in [-0.2, -0.15) is 4.98 Å². The summed E-state index contributed by atoms with van der Waals surface area (Å²) in [6, 6.07) is 0. The summed E-state index contributed by atoms with van der Waals surface area (Å²) in [6.07, 6.45) is 0.952. The first-order valence-electron chi connectivity index (χ1n) is 5.79. The van der Waals surface area contributed by atoms with E-state index in [0.717, 1.165) is 6.42 Å². The molecule has 7 heteroatoms. The molecule has 0 aromatic carbocycles. The van der Waals surface area contributed by atoms with Crippen LogP contribution in [0.15, 0.2) is 0 Å². The van der Waals surface area contributed by atoms with Gasteiger partial charge in [-0.3, -0.25) is 10.1 Å². The molecule has 7 nitrogen and oxygen atoms in total. The molecule has 0 bridgehead atoms. The van der Waals surface area contributed by atoms with Crippen LogP contribution >= 0.6 is 0 Å². The molecule has 0 spiro atoms. The third-order valence-electron chi connectivity index (χ3n) is 2.95. The van der Waals surface area contributed by atoms with Crippen LogP contribution in [-0.4, -0.2) is 21.4 Å². The average molecular weight is 253 g/mol. The Labute approximate surface area is 106 Å². The zero-order valence-corrected chi connectivity index (χ0v) is 11.1. The molecule has 0 unspecified atom stereocenters. The zero-order chi connectivity index (χ0) is 13.9. The molecule has 0 aliphatic carbocycles. The molecular formula is C11H19N5O2. The number of nitrogen functional groups attached to an aromatic ring is 1. The molecule has 3 N–H and O–H groups in total. The minimum absolute atomic E-state index is 0.0293. The summed E-state index contributed by atoms with van der Waals surface area (Å²) in [5.41, 5.74) is 5.70. The molecule has 0 saturated heterocycles. The average Bonchev–Trinajstić information content (AvgIpc) is 2.25. The highest BCUT2D eigenvalue weighted by Gasteiger charge is 2.23. The Kier molecular flexibility index (Phi) is 4.05. The number of nitrogens with two attached hydrogens (primary N) is 1. The number of rotatable bonds is 5. The second kappa shape index (κ2) is 5.16. The maximum atomic E-state index is 11.0. The van der Waals surface area contributed by atoms with Gasteiger partial charge in [0.1, 0.15) is 5.69 Å². The van der Waals surface area contributed by atoms with Crippen LogP contribution in [0.25, 0.3) is 0 Å². The molecule has 0 amide bonds. The van der Waals surface area contributed by atoms with Crippen LogP contribution in [0.3, 0.4) is 0 Å². The first kappa shape index (κ1) is 14.1. The Morgan fingerprint density at radius 2 is 2.06 bits per heavy atom. The van der Waals surface area contributed by atoms with Crippen molar-refractivity contribution in [2.75, 3.05) is 17.6 Å². The van der Waals surface area contributed by atoms with Gasteiger partial charge < -0.3 is 11.1 Å². The molecule has 0 aliphatic rings. The summed E-state index contributed by atoms with van der Waals surface area (Å²) >= 11 is 0. The monoisotopic (exact) mass is 253 g/mol. The van der Waals surface area contributed by atoms with Gasteiger partial charge in [0, 0.05) is 6.54 Å². The molecule has 0 aliphatic heterocycles. The number of nitro groups is 1. The van der Waals surface area contributed by atoms with Crippen molar-refractivity contribution in [3.05, 3.63) is 15.8 Å². The second-order valence-corrected chi connectivity index (χ2v) is 4.99. The van der Waals surface area contributed by atoms with Gasteiger partial charge in [0.25, 0.3) is 0 Å². The number of nitrogens with one attached hydrogen (secondary N) is 1. The predicted molar refractivity (Wildman–Crippen MR) is 70.4 cm³/mol. The van der Waals surface area contributed by atoms with Crippen molar-refractivity contribution in [2.24, 2.45) is 5.41 Å². The van der Waals surface area contributed by atoms with E-state index in [-0.39, 0.29) is 28.6 Å². The van der Waals surface area contributed by atoms with E-state index < -0.39 is 4.92 Å². The standard InChI is InChI=1S/C11H19N5O2/c1-5-11(3,4)6-13-9-8(16(17)18)7(2)14-10(12)15-9/h5-6H2,1-4H3,(H3,12,13,14,15). The quantitative estimate of drug-likeness (QED) is 0.614. The molecule has 1 heterocycles. The summed E-state index contributed by atoms with van der Waals surface area (Å²) in [6.45, 7) is 8.34. The summed E-state index contributed by atoms with van der Waals surface area (Å²) in [4.78, 5) is 18.2. The highest BCUT2D eigenvalue weighted by atomic mass is 16.6. The zero-order valence-electron chi connectivity index (χ0n) is 11.1. The van der Waals surface area contributed by atoms with Gasteiger partial charge in [0.05, 0.1) is 4.92 Å². The molecular weight excluding hydrogens is 234 g/mol. The van der Waals surface area contributed by atoms with Crippen molar-refractivity contribution >= 4 is 17.5 Å². The minimum atomic E-state index is -0.490. The SMILES string of the molecule is CCC(C)(C)CNc1nc(N)nc(C)c1[N+](=O)[O-]. The van der Waals surface area contributed by atoms with Gasteiger partial charge >= 0.3 is 5.69 Å². The molecule has 1 aromatic rings. The van der Waals surface area contributed by atoms with E-state index in [1.165, 1.54) is 0 Å². The van der Waals surface area contributed by atoms with Crippen LogP contribution in [0.4, 0.5) is 17.5 Å². The van der Waals surface area contributed by atoms with Crippen molar-refractivity contribution in [1.29, 1.82) is 0 Å². The fourth-order valence-electron chi connectivity index (χ4n) is 1.38. The fourth-order valence-corrected chi connectivity index (χ4v) is 1.38. The summed E-state index contributed by atoms with van der Waals surface area (Å²) in [5, 5.41) is 14.0. The lowest BCUT2D eigenvalue weighted by molar-refractivity contribution is -0.385. The normalized spacial score (nSPS) is 11.3. The number of nitrogens with zero attached hydrogens (tertiary/aromatic N) is 3. The Hall–Kier alpha value is -1.92. The second-order valence-electron chi connectivity index (χ2n) is 4.99. The Morgan fingerprint density at radius 3 is 2.56 bits per heavy atom. The summed E-state index contributed by atoms with van der Waals surface area (Å²) < 4.78 is 0. The van der Waals surface area contributed by atoms with E-state index in [4.69, 9.17) is 5.73 Å². The maximum Gasteiger partial charge on any atom is 0.332 e. The number of hydrogen-bond donors (Lipinski definition) is 2. The number of hydrogen-bond acceptors (Lipinski definition) is 6. The largest absolute Gasteiger partial charge is 0.368 e. The molecule has 100 valence electrons. The molecule has 0 saturated carbocycles. The minimum Gasteiger partial charge on any atom is -0.368 e. The van der Waals surface area contributed by atoms with Crippen molar-refractivity contribution in [1.82, 2.24) is 9.97 Å². The molecule has 1 aromatic heterocycles. The first-order valence-corrected chi connectivity index (χ1v) is 5.79. The van der Waals surface area contributed by atoms with Crippen LogP contribution in [0.5, 0.6) is 0 Å². The first-order chi connectivity index (χ1) is 8.26. The smallest absolute Gasteiger partial charge is 0.332 e. The molecule has 1 rings (SSSR count). The lowest BCUT2D eigenvalue weighted by Gasteiger charge is -2.23. The van der Waals surface area contributed by atoms with Gasteiger partial charge in [0.15, 0.2) is 0 Å². The predicted octanol–water partition coefficient (Wildman–Crippen LogP) is 2.12. The topological polar surface area (TPSA) is 107 Å². The van der Waals surface area contributed by atoms with Gasteiger partial charge in [-0.15, -0.1) is 0 Å². The number of anilines is 2. The molecule has 0 atom stereocenters. The maximum absolute atomic E-state index is 11.0. The fraction of sp³-hybridized carbons (Fsp3) is 0.636. The molecule has 0 radical (unpaired) electrons. The Morgan fingerprint density at radius 1 is 1.44 bits per heavy atom. The summed E-state index contributed by atoms with van der Waals surface area (Å²) in [7, 11) is 0. The van der Waals surface area contributed by atoms with E-state index in [1.807, 2.05) is 0 Å². The van der Waals surface area contributed by atoms with Crippen molar-refractivity contribution in [3.63, 3.8) is 0 Å². The molecule has 0 fully saturated rings. The van der Waals surface area contributed by atoms with Gasteiger partial charge in [-0.1, -0.05) is 20.8 Å². The van der Waals surface area contributed by atoms with E-state index in [0.29, 0.717) is 6.54 Å². The third kappa shape index (κ3) is 3.28. The summed E-state index contributed by atoms with van der Waals surface area (Å²) in [5.74, 6) is 0.224. The highest BCUT2D eigenvalue weighted by molar-refractivity contribution is 5.60. The van der Waals surface area contributed by atoms with Crippen LogP contribution in [-0.2, 0) is 0 Å². The van der Waals surface area contributed by atoms with E-state index in [9.17, 15) is 10.1 Å². The van der Waals surface area contributed by atoms with E-state index in [2.05, 4.69) is 36.1 Å². The van der Waals surface area contributed by atoms with Crippen molar-refractivity contribution in [2.45, 2.75) is 34.1 Å². The Balaban J connectivity index is 3.04. The lowest BCUT2D eigenvalue weighted by atomic mass is 9.90. The van der Waals surface area contributed by atoms with Crippen LogP contribution < -0.4 is 11.1 Å². The number of aromatic nitrogens is 2. The van der Waals surface area contributed by atoms with Crippen LogP contribution in [0.1, 0.15) is 32.9 Å². The number of aryl methyl sites for hydroxylation is 1. The molecule has 18 heavy (non-hydrogen) atoms. The van der Waals surface area contributed by atoms with Crippen molar-refractivity contribution < 1.29 is 4.92 Å². The van der Waals surface area contributed by atoms with Gasteiger partial charge in [-0.05, 0) is 18.8 Å². The van der Waals surface area contributed by atoms with Gasteiger partial charge in [-0.25, -0.2) is 4.98 Å². The lowest BCUT2D eigenvalue weighted by Crippen LogP contribution is -2.23.